The van der Waals surface area contributed by atoms with Crippen molar-refractivity contribution in [2.45, 2.75) is 37.1 Å². The van der Waals surface area contributed by atoms with E-state index in [1.807, 2.05) is 30.5 Å². The maximum Gasteiger partial charge on any atom is 0.186 e. The lowest BCUT2D eigenvalue weighted by Crippen LogP contribution is -2.59. The van der Waals surface area contributed by atoms with Crippen LogP contribution in [0.5, 0.6) is 0 Å². The number of hydrogen-bond acceptors (Lipinski definition) is 6. The highest BCUT2D eigenvalue weighted by atomic mass is 16.7. The Morgan fingerprint density at radius 2 is 1.87 bits per heavy atom. The van der Waals surface area contributed by atoms with Crippen molar-refractivity contribution in [3.05, 3.63) is 36.0 Å². The molecule has 0 aliphatic carbocycles. The van der Waals surface area contributed by atoms with E-state index in [9.17, 15) is 15.3 Å². The summed E-state index contributed by atoms with van der Waals surface area (Å²) in [6.45, 7) is -0.197. The Hall–Kier alpha value is -1.48. The number of nitrogens with one attached hydrogen (secondary N) is 1. The fourth-order valence-electron chi connectivity index (χ4n) is 2.83. The van der Waals surface area contributed by atoms with Gasteiger partial charge in [-0.3, -0.25) is 0 Å². The van der Waals surface area contributed by atoms with Crippen molar-refractivity contribution in [1.29, 1.82) is 0 Å². The maximum atomic E-state index is 9.90. The predicted octanol–water partition coefficient (Wildman–Crippen LogP) is -0.473. The molecule has 7 heteroatoms. The van der Waals surface area contributed by atoms with E-state index in [2.05, 4.69) is 4.98 Å². The second kappa shape index (κ2) is 6.96. The first kappa shape index (κ1) is 16.4. The van der Waals surface area contributed by atoms with Crippen molar-refractivity contribution < 1.29 is 29.9 Å². The van der Waals surface area contributed by atoms with Crippen molar-refractivity contribution in [2.24, 2.45) is 0 Å². The highest BCUT2D eigenvalue weighted by molar-refractivity contribution is 5.82. The Kier molecular flexibility index (Phi) is 4.96. The number of aromatic nitrogens is 1. The molecule has 1 aromatic heterocycles. The Morgan fingerprint density at radius 1 is 1.09 bits per heavy atom. The summed E-state index contributed by atoms with van der Waals surface area (Å²) in [6, 6.07) is 7.90. The number of aliphatic hydroxyl groups is 4. The molecule has 0 amide bonds. The van der Waals surface area contributed by atoms with Gasteiger partial charge in [0.2, 0.25) is 0 Å². The number of fused-ring (bicyclic) bond motifs is 1. The number of benzene rings is 1. The van der Waals surface area contributed by atoms with Crippen LogP contribution in [0.25, 0.3) is 10.9 Å². The van der Waals surface area contributed by atoms with Gasteiger partial charge in [-0.1, -0.05) is 18.2 Å². The van der Waals surface area contributed by atoms with Gasteiger partial charge >= 0.3 is 0 Å². The van der Waals surface area contributed by atoms with Gasteiger partial charge in [-0.05, 0) is 18.1 Å². The normalized spacial score (nSPS) is 31.6. The van der Waals surface area contributed by atoms with Crippen LogP contribution in [-0.4, -0.2) is 69.3 Å². The van der Waals surface area contributed by atoms with Gasteiger partial charge < -0.3 is 34.9 Å². The molecule has 23 heavy (non-hydrogen) atoms. The SMILES string of the molecule is OC[C@H]1O[C@@H](OCCc2c[nH]c3ccccc23)[C@H](O)[C@@H](O)[C@@H]1O. The molecule has 2 aromatic rings. The van der Waals surface area contributed by atoms with Gasteiger partial charge in [0.25, 0.3) is 0 Å². The van der Waals surface area contributed by atoms with Crippen molar-refractivity contribution in [2.75, 3.05) is 13.2 Å². The lowest BCUT2D eigenvalue weighted by molar-refractivity contribution is -0.300. The standard InChI is InChI=1S/C16H21NO6/c18-8-12-13(19)14(20)15(21)16(23-12)22-6-5-9-7-17-11-4-2-1-3-10(9)11/h1-4,7,12-21H,5-6,8H2/t12-,13-,14+,15-,16-/m1/s1. The average Bonchev–Trinajstić information content (AvgIpc) is 2.98. The number of aromatic amines is 1. The second-order valence-corrected chi connectivity index (χ2v) is 5.68. The summed E-state index contributed by atoms with van der Waals surface area (Å²) in [5, 5.41) is 39.6. The number of hydrogen-bond donors (Lipinski definition) is 5. The van der Waals surface area contributed by atoms with Crippen molar-refractivity contribution >= 4 is 10.9 Å². The molecule has 1 saturated heterocycles. The Balaban J connectivity index is 1.59. The van der Waals surface area contributed by atoms with Gasteiger partial charge in [0, 0.05) is 17.1 Å². The fourth-order valence-corrected chi connectivity index (χ4v) is 2.83. The van der Waals surface area contributed by atoms with Gasteiger partial charge in [0.15, 0.2) is 6.29 Å². The van der Waals surface area contributed by atoms with Crippen molar-refractivity contribution in [3.63, 3.8) is 0 Å². The summed E-state index contributed by atoms with van der Waals surface area (Å²) in [5.74, 6) is 0. The molecule has 1 aliphatic heterocycles. The highest BCUT2D eigenvalue weighted by Gasteiger charge is 2.43. The summed E-state index contributed by atoms with van der Waals surface area (Å²) >= 11 is 0. The van der Waals surface area contributed by atoms with E-state index in [0.29, 0.717) is 6.42 Å². The zero-order valence-corrected chi connectivity index (χ0v) is 12.5. The Morgan fingerprint density at radius 3 is 2.65 bits per heavy atom. The molecule has 0 saturated carbocycles. The van der Waals surface area contributed by atoms with Crippen molar-refractivity contribution in [1.82, 2.24) is 4.98 Å². The van der Waals surface area contributed by atoms with E-state index in [0.717, 1.165) is 16.5 Å². The van der Waals surface area contributed by atoms with E-state index in [1.165, 1.54) is 0 Å². The third kappa shape index (κ3) is 3.25. The van der Waals surface area contributed by atoms with Crippen LogP contribution in [0.3, 0.4) is 0 Å². The summed E-state index contributed by atoms with van der Waals surface area (Å²) in [7, 11) is 0. The molecule has 1 fully saturated rings. The summed E-state index contributed by atoms with van der Waals surface area (Å²) in [4.78, 5) is 3.17. The van der Waals surface area contributed by atoms with E-state index < -0.39 is 37.3 Å². The maximum absolute atomic E-state index is 9.90. The first-order valence-corrected chi connectivity index (χ1v) is 7.59. The van der Waals surface area contributed by atoms with Crippen LogP contribution in [-0.2, 0) is 15.9 Å². The molecule has 3 rings (SSSR count). The molecule has 7 nitrogen and oxygen atoms in total. The molecule has 0 spiro atoms. The minimum Gasteiger partial charge on any atom is -0.394 e. The number of ether oxygens (including phenoxy) is 2. The molecule has 126 valence electrons. The van der Waals surface area contributed by atoms with Gasteiger partial charge in [-0.15, -0.1) is 0 Å². The zero-order valence-electron chi connectivity index (χ0n) is 12.5. The van der Waals surface area contributed by atoms with Crippen LogP contribution < -0.4 is 0 Å². The molecule has 0 unspecified atom stereocenters. The zero-order chi connectivity index (χ0) is 16.4. The van der Waals surface area contributed by atoms with Crippen LogP contribution in [0.2, 0.25) is 0 Å². The summed E-state index contributed by atoms with van der Waals surface area (Å²) in [5.41, 5.74) is 2.11. The van der Waals surface area contributed by atoms with Gasteiger partial charge in [0.05, 0.1) is 13.2 Å². The predicted molar refractivity (Wildman–Crippen MR) is 81.7 cm³/mol. The third-order valence-electron chi connectivity index (χ3n) is 4.18. The number of H-pyrrole nitrogens is 1. The number of para-hydroxylation sites is 1. The molecule has 5 N–H and O–H groups in total. The highest BCUT2D eigenvalue weighted by Crippen LogP contribution is 2.23. The van der Waals surface area contributed by atoms with Crippen LogP contribution in [0.1, 0.15) is 5.56 Å². The third-order valence-corrected chi connectivity index (χ3v) is 4.18. The van der Waals surface area contributed by atoms with Gasteiger partial charge in [0.1, 0.15) is 24.4 Å². The smallest absolute Gasteiger partial charge is 0.186 e. The molecule has 1 aliphatic rings. The van der Waals surface area contributed by atoms with E-state index in [4.69, 9.17) is 14.6 Å². The first-order valence-electron chi connectivity index (χ1n) is 7.59. The molecule has 0 radical (unpaired) electrons. The average molecular weight is 323 g/mol. The van der Waals surface area contributed by atoms with Crippen LogP contribution >= 0.6 is 0 Å². The number of rotatable bonds is 5. The molecule has 1 aromatic carbocycles. The summed E-state index contributed by atoms with van der Waals surface area (Å²) in [6.07, 6.45) is -3.69. The van der Waals surface area contributed by atoms with Crippen LogP contribution in [0, 0.1) is 0 Å². The van der Waals surface area contributed by atoms with Gasteiger partial charge in [-0.2, -0.15) is 0 Å². The van der Waals surface area contributed by atoms with E-state index in [-0.39, 0.29) is 6.61 Å². The van der Waals surface area contributed by atoms with E-state index >= 15 is 0 Å². The molecule has 5 atom stereocenters. The lowest BCUT2D eigenvalue weighted by Gasteiger charge is -2.39. The number of aliphatic hydroxyl groups excluding tert-OH is 4. The first-order chi connectivity index (χ1) is 11.1. The minimum atomic E-state index is -1.42. The minimum absolute atomic E-state index is 0.268. The Labute approximate surface area is 133 Å². The quantitative estimate of drug-likeness (QED) is 0.508. The molecule has 2 heterocycles. The molecule has 0 bridgehead atoms. The van der Waals surface area contributed by atoms with E-state index in [1.54, 1.807) is 0 Å². The largest absolute Gasteiger partial charge is 0.394 e. The van der Waals surface area contributed by atoms with Gasteiger partial charge in [-0.25, -0.2) is 0 Å². The molecular formula is C16H21NO6. The van der Waals surface area contributed by atoms with Crippen LogP contribution in [0.15, 0.2) is 30.5 Å². The van der Waals surface area contributed by atoms with Crippen molar-refractivity contribution in [3.8, 4) is 0 Å². The second-order valence-electron chi connectivity index (χ2n) is 5.68. The fraction of sp³-hybridized carbons (Fsp3) is 0.500. The van der Waals surface area contributed by atoms with Crippen LogP contribution in [0.4, 0.5) is 0 Å². The topological polar surface area (TPSA) is 115 Å². The molecular weight excluding hydrogens is 302 g/mol. The lowest BCUT2D eigenvalue weighted by atomic mass is 9.99. The monoisotopic (exact) mass is 323 g/mol. The summed E-state index contributed by atoms with van der Waals surface area (Å²) < 4.78 is 10.8. The Bertz CT molecular complexity index is 642.